The van der Waals surface area contributed by atoms with E-state index < -0.39 is 0 Å². The Balaban J connectivity index is 2.03. The van der Waals surface area contributed by atoms with E-state index in [0.717, 1.165) is 31.1 Å². The van der Waals surface area contributed by atoms with E-state index in [1.165, 1.54) is 66.6 Å². The van der Waals surface area contributed by atoms with Gasteiger partial charge in [0.2, 0.25) is 0 Å². The minimum absolute atomic E-state index is 0.325. The molecule has 1 aliphatic carbocycles. The Hall–Kier alpha value is -1.77. The number of allylic oxidation sites excluding steroid dienone is 1. The molecule has 0 fully saturated rings. The zero-order valence-corrected chi connectivity index (χ0v) is 18.6. The molecule has 0 radical (unpaired) electrons. The fourth-order valence-electron chi connectivity index (χ4n) is 4.69. The highest BCUT2D eigenvalue weighted by molar-refractivity contribution is 6.07. The molecule has 1 aromatic rings. The Morgan fingerprint density at radius 3 is 2.32 bits per heavy atom. The van der Waals surface area contributed by atoms with E-state index >= 15 is 0 Å². The number of aliphatic imine (C=N–C) groups is 1. The van der Waals surface area contributed by atoms with Crippen LogP contribution in [0.15, 0.2) is 29.0 Å². The quantitative estimate of drug-likeness (QED) is 0.539. The third-order valence-corrected chi connectivity index (χ3v) is 6.61. The van der Waals surface area contributed by atoms with Crippen LogP contribution in [0, 0.1) is 5.92 Å². The molecule has 28 heavy (non-hydrogen) atoms. The van der Waals surface area contributed by atoms with Crippen molar-refractivity contribution in [2.24, 2.45) is 10.9 Å². The van der Waals surface area contributed by atoms with Crippen molar-refractivity contribution in [3.05, 3.63) is 40.7 Å². The summed E-state index contributed by atoms with van der Waals surface area (Å²) < 4.78 is 5.87. The highest BCUT2D eigenvalue weighted by Gasteiger charge is 2.29. The first-order valence-electron chi connectivity index (χ1n) is 11.4. The lowest BCUT2D eigenvalue weighted by Crippen LogP contribution is -2.42. The molecular formula is C25H38N2O. The van der Waals surface area contributed by atoms with Gasteiger partial charge < -0.3 is 9.64 Å². The SMILES string of the molecule is CCC1=CN(CC(CC)CC)C(CC)C(c2cc3c(cc2OC)CCCC3)=N1. The molecule has 154 valence electrons. The Morgan fingerprint density at radius 2 is 1.75 bits per heavy atom. The van der Waals surface area contributed by atoms with Crippen molar-refractivity contribution in [2.75, 3.05) is 13.7 Å². The van der Waals surface area contributed by atoms with Crippen LogP contribution in [0.5, 0.6) is 5.75 Å². The lowest BCUT2D eigenvalue weighted by molar-refractivity contribution is 0.259. The largest absolute Gasteiger partial charge is 0.496 e. The molecule has 1 aromatic carbocycles. The summed E-state index contributed by atoms with van der Waals surface area (Å²) in [6, 6.07) is 5.00. The Kier molecular flexibility index (Phi) is 7.20. The predicted molar refractivity (Wildman–Crippen MR) is 119 cm³/mol. The standard InChI is InChI=1S/C25H38N2O/c1-6-18(7-2)16-27-17-21(8-3)26-25(23(27)9-4)22-14-19-12-10-11-13-20(19)15-24(22)28-5/h14-15,17-18,23H,6-13,16H2,1-5H3. The molecule has 1 heterocycles. The monoisotopic (exact) mass is 382 g/mol. The predicted octanol–water partition coefficient (Wildman–Crippen LogP) is 6.14. The van der Waals surface area contributed by atoms with Gasteiger partial charge in [0.15, 0.2) is 0 Å². The van der Waals surface area contributed by atoms with Crippen LogP contribution in [-0.2, 0) is 12.8 Å². The summed E-state index contributed by atoms with van der Waals surface area (Å²) in [6.07, 6.45) is 11.8. The number of aryl methyl sites for hydroxylation is 2. The molecule has 0 spiro atoms. The van der Waals surface area contributed by atoms with Crippen molar-refractivity contribution < 1.29 is 4.74 Å². The highest BCUT2D eigenvalue weighted by Crippen LogP contribution is 2.33. The third kappa shape index (κ3) is 4.29. The summed E-state index contributed by atoms with van der Waals surface area (Å²) >= 11 is 0. The van der Waals surface area contributed by atoms with Gasteiger partial charge in [0.25, 0.3) is 0 Å². The van der Waals surface area contributed by atoms with Crippen LogP contribution in [0.3, 0.4) is 0 Å². The number of ether oxygens (including phenoxy) is 1. The van der Waals surface area contributed by atoms with E-state index in [1.54, 1.807) is 7.11 Å². The number of rotatable bonds is 8. The van der Waals surface area contributed by atoms with Gasteiger partial charge in [0, 0.05) is 18.3 Å². The smallest absolute Gasteiger partial charge is 0.128 e. The number of hydrogen-bond acceptors (Lipinski definition) is 3. The van der Waals surface area contributed by atoms with E-state index in [0.29, 0.717) is 6.04 Å². The number of fused-ring (bicyclic) bond motifs is 1. The van der Waals surface area contributed by atoms with Gasteiger partial charge in [0.1, 0.15) is 5.75 Å². The number of nitrogens with zero attached hydrogens (tertiary/aromatic N) is 2. The molecule has 1 atom stereocenters. The van der Waals surface area contributed by atoms with E-state index in [1.807, 2.05) is 0 Å². The van der Waals surface area contributed by atoms with Gasteiger partial charge in [-0.1, -0.05) is 40.5 Å². The van der Waals surface area contributed by atoms with Gasteiger partial charge >= 0.3 is 0 Å². The summed E-state index contributed by atoms with van der Waals surface area (Å²) in [6.45, 7) is 10.2. The molecule has 0 bridgehead atoms. The van der Waals surface area contributed by atoms with Gasteiger partial charge in [-0.2, -0.15) is 0 Å². The summed E-state index contributed by atoms with van der Waals surface area (Å²) in [4.78, 5) is 7.71. The maximum atomic E-state index is 5.87. The maximum absolute atomic E-state index is 5.87. The second-order valence-corrected chi connectivity index (χ2v) is 8.30. The Bertz CT molecular complexity index is 730. The van der Waals surface area contributed by atoms with Crippen LogP contribution in [0.2, 0.25) is 0 Å². The Labute approximate surface area is 171 Å². The molecule has 0 saturated carbocycles. The highest BCUT2D eigenvalue weighted by atomic mass is 16.5. The fraction of sp³-hybridized carbons (Fsp3) is 0.640. The van der Waals surface area contributed by atoms with E-state index in [9.17, 15) is 0 Å². The lowest BCUT2D eigenvalue weighted by atomic mass is 9.87. The molecule has 0 saturated heterocycles. The normalized spacial score (nSPS) is 19.4. The van der Waals surface area contributed by atoms with Crippen molar-refractivity contribution in [3.63, 3.8) is 0 Å². The molecule has 3 rings (SSSR count). The summed E-state index contributed by atoms with van der Waals surface area (Å²) in [5.74, 6) is 1.73. The molecule has 0 aromatic heterocycles. The fourth-order valence-corrected chi connectivity index (χ4v) is 4.69. The molecule has 3 nitrogen and oxygen atoms in total. The van der Waals surface area contributed by atoms with Crippen molar-refractivity contribution in [1.29, 1.82) is 0 Å². The van der Waals surface area contributed by atoms with E-state index in [4.69, 9.17) is 9.73 Å². The molecule has 1 aliphatic heterocycles. The third-order valence-electron chi connectivity index (χ3n) is 6.61. The second kappa shape index (κ2) is 9.62. The zero-order valence-electron chi connectivity index (χ0n) is 18.6. The topological polar surface area (TPSA) is 24.8 Å². The van der Waals surface area contributed by atoms with Gasteiger partial charge in [-0.25, -0.2) is 0 Å². The van der Waals surface area contributed by atoms with E-state index in [-0.39, 0.29) is 0 Å². The molecule has 2 aliphatic rings. The van der Waals surface area contributed by atoms with Gasteiger partial charge in [-0.15, -0.1) is 0 Å². The Morgan fingerprint density at radius 1 is 1.07 bits per heavy atom. The van der Waals surface area contributed by atoms with Crippen LogP contribution in [0.4, 0.5) is 0 Å². The molecule has 1 unspecified atom stereocenters. The number of hydrogen-bond donors (Lipinski definition) is 0. The maximum Gasteiger partial charge on any atom is 0.128 e. The minimum Gasteiger partial charge on any atom is -0.496 e. The average Bonchev–Trinajstić information content (AvgIpc) is 2.75. The van der Waals surface area contributed by atoms with Crippen LogP contribution in [0.25, 0.3) is 0 Å². The molecule has 0 N–H and O–H groups in total. The van der Waals surface area contributed by atoms with Crippen LogP contribution >= 0.6 is 0 Å². The minimum atomic E-state index is 0.325. The van der Waals surface area contributed by atoms with Gasteiger partial charge in [0.05, 0.1) is 24.6 Å². The van der Waals surface area contributed by atoms with Crippen molar-refractivity contribution in [2.45, 2.75) is 85.1 Å². The second-order valence-electron chi connectivity index (χ2n) is 8.30. The van der Waals surface area contributed by atoms with Gasteiger partial charge in [-0.3, -0.25) is 4.99 Å². The average molecular weight is 383 g/mol. The van der Waals surface area contributed by atoms with Crippen molar-refractivity contribution in [3.8, 4) is 5.75 Å². The first kappa shape index (κ1) is 21.0. The summed E-state index contributed by atoms with van der Waals surface area (Å²) in [5.41, 5.74) is 6.57. The molecule has 0 amide bonds. The van der Waals surface area contributed by atoms with E-state index in [2.05, 4.69) is 50.9 Å². The summed E-state index contributed by atoms with van der Waals surface area (Å²) in [7, 11) is 1.80. The molecule has 3 heteroatoms. The van der Waals surface area contributed by atoms with Crippen molar-refractivity contribution >= 4 is 5.71 Å². The first-order chi connectivity index (χ1) is 13.6. The number of benzene rings is 1. The van der Waals surface area contributed by atoms with Crippen LogP contribution in [0.1, 0.15) is 82.9 Å². The van der Waals surface area contributed by atoms with Crippen LogP contribution in [-0.4, -0.2) is 30.3 Å². The molecular weight excluding hydrogens is 344 g/mol. The van der Waals surface area contributed by atoms with Gasteiger partial charge in [-0.05, 0) is 67.7 Å². The number of methoxy groups -OCH3 is 1. The van der Waals surface area contributed by atoms with Crippen molar-refractivity contribution in [1.82, 2.24) is 4.90 Å². The first-order valence-corrected chi connectivity index (χ1v) is 11.4. The van der Waals surface area contributed by atoms with Crippen LogP contribution < -0.4 is 4.74 Å². The summed E-state index contributed by atoms with van der Waals surface area (Å²) in [5, 5.41) is 0. The zero-order chi connectivity index (χ0) is 20.1. The lowest BCUT2D eigenvalue weighted by Gasteiger charge is -2.37.